The van der Waals surface area contributed by atoms with E-state index in [4.69, 9.17) is 0 Å². The van der Waals surface area contributed by atoms with Gasteiger partial charge in [-0.05, 0) is 80.4 Å². The number of rotatable bonds is 7. The highest BCUT2D eigenvalue weighted by Gasteiger charge is 2.34. The van der Waals surface area contributed by atoms with Crippen LogP contribution in [0, 0.1) is 17.7 Å². The summed E-state index contributed by atoms with van der Waals surface area (Å²) in [5.74, 6) is -0.232. The van der Waals surface area contributed by atoms with Gasteiger partial charge in [0.1, 0.15) is 5.82 Å². The first-order chi connectivity index (χ1) is 15.8. The van der Waals surface area contributed by atoms with Crippen LogP contribution in [0.15, 0.2) is 46.7 Å². The molecule has 0 spiro atoms. The molecular formula is C24H32FN3O3S2. The molecule has 2 fully saturated rings. The number of carbonyl (C=O) groups is 1. The molecule has 0 saturated carbocycles. The molecule has 33 heavy (non-hydrogen) atoms. The van der Waals surface area contributed by atoms with E-state index < -0.39 is 15.8 Å². The van der Waals surface area contributed by atoms with Gasteiger partial charge in [0, 0.05) is 24.5 Å². The summed E-state index contributed by atoms with van der Waals surface area (Å²) >= 11 is 1.71. The molecule has 6 nitrogen and oxygen atoms in total. The van der Waals surface area contributed by atoms with Crippen LogP contribution in [0.3, 0.4) is 0 Å². The zero-order valence-corrected chi connectivity index (χ0v) is 20.6. The maximum absolute atomic E-state index is 13.2. The second kappa shape index (κ2) is 10.6. The summed E-state index contributed by atoms with van der Waals surface area (Å²) in [6, 6.07) is 9.15. The van der Waals surface area contributed by atoms with Gasteiger partial charge in [0.05, 0.1) is 16.9 Å². The van der Waals surface area contributed by atoms with Gasteiger partial charge in [-0.1, -0.05) is 13.0 Å². The molecule has 1 aromatic heterocycles. The van der Waals surface area contributed by atoms with Crippen molar-refractivity contribution in [1.29, 1.82) is 0 Å². The van der Waals surface area contributed by atoms with E-state index in [2.05, 4.69) is 28.6 Å². The Kier molecular flexibility index (Phi) is 7.83. The average molecular weight is 494 g/mol. The van der Waals surface area contributed by atoms with Crippen LogP contribution in [0.5, 0.6) is 0 Å². The number of sulfonamides is 1. The second-order valence-corrected chi connectivity index (χ2v) is 12.1. The van der Waals surface area contributed by atoms with Crippen molar-refractivity contribution < 1.29 is 17.6 Å². The summed E-state index contributed by atoms with van der Waals surface area (Å²) in [4.78, 5) is 16.8. The fraction of sp³-hybridized carbons (Fsp3) is 0.542. The number of nitrogens with zero attached hydrogens (tertiary/aromatic N) is 2. The molecule has 0 unspecified atom stereocenters. The number of hydrogen-bond donors (Lipinski definition) is 1. The van der Waals surface area contributed by atoms with E-state index in [1.54, 1.807) is 11.3 Å². The molecule has 1 aromatic carbocycles. The largest absolute Gasteiger partial charge is 0.354 e. The number of thiophene rings is 1. The maximum atomic E-state index is 13.2. The highest BCUT2D eigenvalue weighted by molar-refractivity contribution is 7.89. The van der Waals surface area contributed by atoms with E-state index in [0.29, 0.717) is 25.9 Å². The molecule has 4 rings (SSSR count). The molecule has 1 amide bonds. The molecular weight excluding hydrogens is 461 g/mol. The first-order valence-electron chi connectivity index (χ1n) is 11.7. The van der Waals surface area contributed by atoms with Gasteiger partial charge in [0.15, 0.2) is 0 Å². The molecule has 1 N–H and O–H groups in total. The Bertz CT molecular complexity index is 1020. The fourth-order valence-electron chi connectivity index (χ4n) is 4.70. The summed E-state index contributed by atoms with van der Waals surface area (Å²) < 4.78 is 40.6. The van der Waals surface area contributed by atoms with Crippen molar-refractivity contribution >= 4 is 27.3 Å². The number of halogens is 1. The quantitative estimate of drug-likeness (QED) is 0.636. The van der Waals surface area contributed by atoms with Crippen molar-refractivity contribution in [1.82, 2.24) is 14.5 Å². The Labute approximate surface area is 199 Å². The van der Waals surface area contributed by atoms with Crippen molar-refractivity contribution in [3.63, 3.8) is 0 Å². The van der Waals surface area contributed by atoms with Gasteiger partial charge in [-0.2, -0.15) is 4.31 Å². The van der Waals surface area contributed by atoms with Gasteiger partial charge in [-0.3, -0.25) is 9.69 Å². The highest BCUT2D eigenvalue weighted by atomic mass is 32.2. The van der Waals surface area contributed by atoms with Crippen molar-refractivity contribution in [2.24, 2.45) is 11.8 Å². The van der Waals surface area contributed by atoms with Gasteiger partial charge in [-0.25, -0.2) is 12.8 Å². The van der Waals surface area contributed by atoms with Crippen LogP contribution in [0.2, 0.25) is 0 Å². The Morgan fingerprint density at radius 1 is 1.15 bits per heavy atom. The topological polar surface area (TPSA) is 69.7 Å². The predicted molar refractivity (Wildman–Crippen MR) is 128 cm³/mol. The van der Waals surface area contributed by atoms with Gasteiger partial charge in [-0.15, -0.1) is 11.3 Å². The smallest absolute Gasteiger partial charge is 0.243 e. The lowest BCUT2D eigenvalue weighted by Gasteiger charge is -2.37. The minimum absolute atomic E-state index is 0.0574. The predicted octanol–water partition coefficient (Wildman–Crippen LogP) is 3.88. The number of carbonyl (C=O) groups excluding carboxylic acids is 1. The van der Waals surface area contributed by atoms with E-state index in [0.717, 1.165) is 44.0 Å². The van der Waals surface area contributed by atoms with E-state index >= 15 is 0 Å². The first kappa shape index (κ1) is 24.3. The summed E-state index contributed by atoms with van der Waals surface area (Å²) in [6.07, 6.45) is 3.60. The Morgan fingerprint density at radius 2 is 1.88 bits per heavy atom. The van der Waals surface area contributed by atoms with E-state index in [1.807, 2.05) is 6.07 Å². The van der Waals surface area contributed by atoms with Crippen LogP contribution in [-0.2, 0) is 14.8 Å². The minimum Gasteiger partial charge on any atom is -0.354 e. The molecule has 9 heteroatoms. The SMILES string of the molecule is CC1CCN([C@@H](CNC(=O)[C@@H]2CCCN(S(=O)(=O)c3ccc(F)cc3)C2)c2cccs2)CC1. The number of hydrogen-bond acceptors (Lipinski definition) is 5. The summed E-state index contributed by atoms with van der Waals surface area (Å²) in [6.45, 7) is 5.37. The molecule has 2 aliphatic rings. The van der Waals surface area contributed by atoms with Crippen LogP contribution in [-0.4, -0.2) is 56.3 Å². The molecule has 0 radical (unpaired) electrons. The van der Waals surface area contributed by atoms with E-state index in [1.165, 1.54) is 21.3 Å². The molecule has 2 aliphatic heterocycles. The summed E-state index contributed by atoms with van der Waals surface area (Å²) in [5, 5.41) is 5.19. The number of piperidine rings is 2. The lowest BCUT2D eigenvalue weighted by molar-refractivity contribution is -0.126. The van der Waals surface area contributed by atoms with Crippen LogP contribution in [0.4, 0.5) is 4.39 Å². The standard InChI is InChI=1S/C24H32FN3O3S2/c1-18-10-13-27(14-11-18)22(23-5-3-15-32-23)16-26-24(29)19-4-2-12-28(17-19)33(30,31)21-8-6-20(25)7-9-21/h3,5-9,15,18-19,22H,2,4,10-14,16-17H2,1H3,(H,26,29)/t19-,22+/m1/s1. The number of benzene rings is 1. The third-order valence-electron chi connectivity index (χ3n) is 6.81. The van der Waals surface area contributed by atoms with Crippen LogP contribution in [0.25, 0.3) is 0 Å². The Hall–Kier alpha value is -1.81. The zero-order valence-electron chi connectivity index (χ0n) is 19.0. The highest BCUT2D eigenvalue weighted by Crippen LogP contribution is 2.30. The van der Waals surface area contributed by atoms with Crippen LogP contribution >= 0.6 is 11.3 Å². The third-order valence-corrected chi connectivity index (χ3v) is 9.66. The number of nitrogens with one attached hydrogen (secondary N) is 1. The second-order valence-electron chi connectivity index (χ2n) is 9.15. The normalized spacial score (nSPS) is 22.2. The van der Waals surface area contributed by atoms with E-state index in [9.17, 15) is 17.6 Å². The third kappa shape index (κ3) is 5.82. The molecule has 2 atom stereocenters. The van der Waals surface area contributed by atoms with Crippen molar-refractivity contribution in [3.05, 3.63) is 52.5 Å². The van der Waals surface area contributed by atoms with Crippen molar-refractivity contribution in [3.8, 4) is 0 Å². The van der Waals surface area contributed by atoms with Gasteiger partial charge >= 0.3 is 0 Å². The summed E-state index contributed by atoms with van der Waals surface area (Å²) in [7, 11) is -3.75. The molecule has 2 aromatic rings. The van der Waals surface area contributed by atoms with Gasteiger partial charge in [0.2, 0.25) is 15.9 Å². The molecule has 3 heterocycles. The molecule has 180 valence electrons. The lowest BCUT2D eigenvalue weighted by Crippen LogP contribution is -2.47. The number of likely N-dealkylation sites (tertiary alicyclic amines) is 1. The zero-order chi connectivity index (χ0) is 23.4. The Morgan fingerprint density at radius 3 is 2.55 bits per heavy atom. The van der Waals surface area contributed by atoms with Crippen LogP contribution < -0.4 is 5.32 Å². The Balaban J connectivity index is 1.39. The summed E-state index contributed by atoms with van der Waals surface area (Å²) in [5.41, 5.74) is 0. The molecule has 2 saturated heterocycles. The van der Waals surface area contributed by atoms with Crippen molar-refractivity contribution in [2.45, 2.75) is 43.5 Å². The first-order valence-corrected chi connectivity index (χ1v) is 14.0. The maximum Gasteiger partial charge on any atom is 0.243 e. The monoisotopic (exact) mass is 493 g/mol. The number of amides is 1. The average Bonchev–Trinajstić information content (AvgIpc) is 3.35. The fourth-order valence-corrected chi connectivity index (χ4v) is 7.09. The lowest BCUT2D eigenvalue weighted by atomic mass is 9.97. The van der Waals surface area contributed by atoms with Crippen LogP contribution in [0.1, 0.15) is 43.5 Å². The molecule has 0 aliphatic carbocycles. The van der Waals surface area contributed by atoms with E-state index in [-0.39, 0.29) is 29.3 Å². The van der Waals surface area contributed by atoms with Crippen molar-refractivity contribution in [2.75, 3.05) is 32.7 Å². The van der Waals surface area contributed by atoms with Gasteiger partial charge in [0.25, 0.3) is 0 Å². The minimum atomic E-state index is -3.75. The molecule has 0 bridgehead atoms. The van der Waals surface area contributed by atoms with Gasteiger partial charge < -0.3 is 5.32 Å².